The number of thiazole rings is 1. The lowest BCUT2D eigenvalue weighted by Crippen LogP contribution is -2.54. The third-order valence-corrected chi connectivity index (χ3v) is 5.72. The molecule has 2 aromatic rings. The predicted molar refractivity (Wildman–Crippen MR) is 107 cm³/mol. The Kier molecular flexibility index (Phi) is 6.65. The van der Waals surface area contributed by atoms with Crippen molar-refractivity contribution in [1.82, 2.24) is 15.6 Å². The molecule has 1 fully saturated rings. The van der Waals surface area contributed by atoms with Crippen LogP contribution in [0, 0.1) is 0 Å². The molecule has 0 bridgehead atoms. The van der Waals surface area contributed by atoms with Crippen LogP contribution in [0.5, 0.6) is 0 Å². The van der Waals surface area contributed by atoms with Crippen molar-refractivity contribution in [3.05, 3.63) is 35.7 Å². The molecular weight excluding hydrogens is 368 g/mol. The van der Waals surface area contributed by atoms with Crippen molar-refractivity contribution in [2.45, 2.75) is 37.7 Å². The van der Waals surface area contributed by atoms with Crippen LogP contribution in [0.4, 0.5) is 5.13 Å². The molecule has 2 heterocycles. The summed E-state index contributed by atoms with van der Waals surface area (Å²) >= 11 is 2.79. The fraction of sp³-hybridized carbons (Fsp3) is 0.389. The molecule has 3 N–H and O–H groups in total. The fourth-order valence-electron chi connectivity index (χ4n) is 2.75. The molecule has 1 saturated heterocycles. The second kappa shape index (κ2) is 9.16. The van der Waals surface area contributed by atoms with Gasteiger partial charge in [-0.05, 0) is 6.42 Å². The van der Waals surface area contributed by atoms with Crippen LogP contribution >= 0.6 is 23.1 Å². The number of benzene rings is 1. The Hall–Kier alpha value is -1.90. The number of carbonyl (C=O) groups excluding carboxylic acids is 2. The third-order valence-electron chi connectivity index (χ3n) is 3.95. The number of aromatic nitrogens is 1. The van der Waals surface area contributed by atoms with Gasteiger partial charge in [0.2, 0.25) is 11.8 Å². The van der Waals surface area contributed by atoms with Crippen molar-refractivity contribution < 1.29 is 9.59 Å². The summed E-state index contributed by atoms with van der Waals surface area (Å²) in [4.78, 5) is 28.4. The van der Waals surface area contributed by atoms with Crippen LogP contribution in [0.3, 0.4) is 0 Å². The lowest BCUT2D eigenvalue weighted by Gasteiger charge is -2.30. The SMILES string of the molecule is CCCC1CC(=O)NC(SCC(=O)Nc2nc(-c3ccccc3)cs2)N1. The van der Waals surface area contributed by atoms with Gasteiger partial charge in [-0.3, -0.25) is 14.9 Å². The summed E-state index contributed by atoms with van der Waals surface area (Å²) < 4.78 is 0. The first-order chi connectivity index (χ1) is 12.6. The Labute approximate surface area is 161 Å². The average Bonchev–Trinajstić information content (AvgIpc) is 3.09. The highest BCUT2D eigenvalue weighted by molar-refractivity contribution is 8.00. The van der Waals surface area contributed by atoms with Gasteiger partial charge in [-0.15, -0.1) is 23.1 Å². The molecule has 1 aliphatic heterocycles. The Balaban J connectivity index is 1.48. The Bertz CT molecular complexity index is 751. The number of thioether (sulfide) groups is 1. The minimum Gasteiger partial charge on any atom is -0.332 e. The summed E-state index contributed by atoms with van der Waals surface area (Å²) in [5.74, 6) is 0.155. The lowest BCUT2D eigenvalue weighted by atomic mass is 10.1. The highest BCUT2D eigenvalue weighted by Crippen LogP contribution is 2.24. The van der Waals surface area contributed by atoms with Crippen molar-refractivity contribution >= 4 is 40.0 Å². The molecular formula is C18H22N4O2S2. The van der Waals surface area contributed by atoms with Gasteiger partial charge in [0.1, 0.15) is 5.50 Å². The average molecular weight is 391 g/mol. The van der Waals surface area contributed by atoms with Crippen LogP contribution in [0.15, 0.2) is 35.7 Å². The number of carbonyl (C=O) groups is 2. The van der Waals surface area contributed by atoms with Crippen LogP contribution in [0.1, 0.15) is 26.2 Å². The van der Waals surface area contributed by atoms with E-state index < -0.39 is 0 Å². The van der Waals surface area contributed by atoms with E-state index in [9.17, 15) is 9.59 Å². The number of anilines is 1. The van der Waals surface area contributed by atoms with Crippen molar-refractivity contribution in [3.63, 3.8) is 0 Å². The molecule has 2 unspecified atom stereocenters. The second-order valence-corrected chi connectivity index (χ2v) is 8.02. The fourth-order valence-corrected chi connectivity index (χ4v) is 4.38. The molecule has 0 aliphatic carbocycles. The summed E-state index contributed by atoms with van der Waals surface area (Å²) in [6, 6.07) is 10.0. The third kappa shape index (κ3) is 5.30. The van der Waals surface area contributed by atoms with Gasteiger partial charge in [-0.1, -0.05) is 43.7 Å². The van der Waals surface area contributed by atoms with Crippen LogP contribution in [-0.2, 0) is 9.59 Å². The van der Waals surface area contributed by atoms with Crippen LogP contribution < -0.4 is 16.0 Å². The molecule has 1 aromatic carbocycles. The number of rotatable bonds is 7. The molecule has 138 valence electrons. The Morgan fingerprint density at radius 1 is 1.38 bits per heavy atom. The molecule has 0 radical (unpaired) electrons. The number of nitrogens with one attached hydrogen (secondary N) is 3. The normalized spacial score (nSPS) is 19.8. The van der Waals surface area contributed by atoms with Gasteiger partial charge in [0.15, 0.2) is 5.13 Å². The maximum atomic E-state index is 12.2. The van der Waals surface area contributed by atoms with Gasteiger partial charge in [0.05, 0.1) is 11.4 Å². The maximum absolute atomic E-state index is 12.2. The molecule has 1 aliphatic rings. The predicted octanol–water partition coefficient (Wildman–Crippen LogP) is 3.04. The first kappa shape index (κ1) is 18.9. The summed E-state index contributed by atoms with van der Waals surface area (Å²) in [7, 11) is 0. The molecule has 3 rings (SSSR count). The molecule has 6 nitrogen and oxygen atoms in total. The van der Waals surface area contributed by atoms with Gasteiger partial charge in [0.25, 0.3) is 0 Å². The van der Waals surface area contributed by atoms with Gasteiger partial charge in [0, 0.05) is 23.4 Å². The minimum absolute atomic E-state index is 0.0348. The van der Waals surface area contributed by atoms with Crippen molar-refractivity contribution in [2.24, 2.45) is 0 Å². The van der Waals surface area contributed by atoms with E-state index in [0.29, 0.717) is 11.6 Å². The summed E-state index contributed by atoms with van der Waals surface area (Å²) in [6.45, 7) is 2.10. The quantitative estimate of drug-likeness (QED) is 0.677. The highest BCUT2D eigenvalue weighted by atomic mass is 32.2. The van der Waals surface area contributed by atoms with Crippen LogP contribution in [0.25, 0.3) is 11.3 Å². The van der Waals surface area contributed by atoms with E-state index in [0.717, 1.165) is 24.1 Å². The Morgan fingerprint density at radius 3 is 2.96 bits per heavy atom. The van der Waals surface area contributed by atoms with E-state index in [1.54, 1.807) is 0 Å². The molecule has 0 saturated carbocycles. The topological polar surface area (TPSA) is 83.1 Å². The van der Waals surface area contributed by atoms with Crippen molar-refractivity contribution in [2.75, 3.05) is 11.1 Å². The molecule has 2 amide bonds. The number of nitrogens with zero attached hydrogens (tertiary/aromatic N) is 1. The zero-order valence-corrected chi connectivity index (χ0v) is 16.2. The van der Waals surface area contributed by atoms with Crippen LogP contribution in [0.2, 0.25) is 0 Å². The summed E-state index contributed by atoms with van der Waals surface area (Å²) in [5, 5.41) is 11.6. The number of hydrogen-bond acceptors (Lipinski definition) is 6. The van der Waals surface area contributed by atoms with E-state index in [1.807, 2.05) is 35.7 Å². The van der Waals surface area contributed by atoms with Crippen LogP contribution in [-0.4, -0.2) is 34.1 Å². The van der Waals surface area contributed by atoms with E-state index in [2.05, 4.69) is 27.9 Å². The smallest absolute Gasteiger partial charge is 0.236 e. The van der Waals surface area contributed by atoms with Crippen molar-refractivity contribution in [3.8, 4) is 11.3 Å². The maximum Gasteiger partial charge on any atom is 0.236 e. The molecule has 26 heavy (non-hydrogen) atoms. The highest BCUT2D eigenvalue weighted by Gasteiger charge is 2.25. The zero-order valence-electron chi connectivity index (χ0n) is 14.5. The van der Waals surface area contributed by atoms with E-state index in [-0.39, 0.29) is 29.1 Å². The lowest BCUT2D eigenvalue weighted by molar-refractivity contribution is -0.123. The van der Waals surface area contributed by atoms with E-state index in [4.69, 9.17) is 0 Å². The summed E-state index contributed by atoms with van der Waals surface area (Å²) in [5.41, 5.74) is 1.65. The van der Waals surface area contributed by atoms with Gasteiger partial charge < -0.3 is 10.6 Å². The standard InChI is InChI=1S/C18H22N4O2S2/c1-2-6-13-9-15(23)21-17(19-13)26-11-16(24)22-18-20-14(10-25-18)12-7-4-3-5-8-12/h3-5,7-8,10,13,17,19H,2,6,9,11H2,1H3,(H,21,23)(H,20,22,24). The summed E-state index contributed by atoms with van der Waals surface area (Å²) in [6.07, 6.45) is 2.48. The minimum atomic E-state index is -0.227. The van der Waals surface area contributed by atoms with Gasteiger partial charge in [-0.25, -0.2) is 4.98 Å². The monoisotopic (exact) mass is 390 g/mol. The van der Waals surface area contributed by atoms with Gasteiger partial charge in [-0.2, -0.15) is 0 Å². The molecule has 2 atom stereocenters. The first-order valence-corrected chi connectivity index (χ1v) is 10.5. The Morgan fingerprint density at radius 2 is 2.19 bits per heavy atom. The number of amides is 2. The first-order valence-electron chi connectivity index (χ1n) is 8.62. The van der Waals surface area contributed by atoms with Crippen molar-refractivity contribution in [1.29, 1.82) is 0 Å². The number of hydrogen-bond donors (Lipinski definition) is 3. The zero-order chi connectivity index (χ0) is 18.4. The van der Waals surface area contributed by atoms with E-state index >= 15 is 0 Å². The molecule has 1 aromatic heterocycles. The largest absolute Gasteiger partial charge is 0.332 e. The van der Waals surface area contributed by atoms with E-state index in [1.165, 1.54) is 23.1 Å². The molecule has 0 spiro atoms. The molecule has 8 heteroatoms. The second-order valence-electron chi connectivity index (χ2n) is 6.07. The van der Waals surface area contributed by atoms with Gasteiger partial charge >= 0.3 is 0 Å².